The molecule has 4 rings (SSSR count). The Balaban J connectivity index is 1.43. The third kappa shape index (κ3) is 3.33. The van der Waals surface area contributed by atoms with Crippen molar-refractivity contribution in [2.24, 2.45) is 7.05 Å². The molecule has 7 nitrogen and oxygen atoms in total. The number of para-hydroxylation sites is 2. The Bertz CT molecular complexity index is 1090. The van der Waals surface area contributed by atoms with E-state index in [4.69, 9.17) is 4.74 Å². The largest absolute Gasteiger partial charge is 0.495 e. The number of aromatic nitrogens is 2. The lowest BCUT2D eigenvalue weighted by atomic mass is 10.2. The van der Waals surface area contributed by atoms with Crippen LogP contribution in [0.3, 0.4) is 0 Å². The van der Waals surface area contributed by atoms with Gasteiger partial charge in [-0.25, -0.2) is 4.79 Å². The molecule has 1 aliphatic rings. The quantitative estimate of drug-likeness (QED) is 0.651. The topological polar surface area (TPSA) is 59.7 Å². The third-order valence-electron chi connectivity index (χ3n) is 5.40. The average Bonchev–Trinajstić information content (AvgIpc) is 3.23. The van der Waals surface area contributed by atoms with E-state index >= 15 is 0 Å². The van der Waals surface area contributed by atoms with Gasteiger partial charge in [-0.1, -0.05) is 12.1 Å². The van der Waals surface area contributed by atoms with E-state index in [1.54, 1.807) is 18.7 Å². The number of hydrogen-bond acceptors (Lipinski definition) is 6. The van der Waals surface area contributed by atoms with Gasteiger partial charge in [0.15, 0.2) is 0 Å². The van der Waals surface area contributed by atoms with Gasteiger partial charge < -0.3 is 9.64 Å². The number of hydrogen-bond donors (Lipinski definition) is 0. The van der Waals surface area contributed by atoms with Crippen molar-refractivity contribution in [3.05, 3.63) is 56.5 Å². The molecule has 148 valence electrons. The standard InChI is InChI=1S/C20H24N4O3S/c1-21-16-7-14-28-18(16)19(25)24(20(21)26)13-10-22-8-11-23(12-9-22)15-5-3-4-6-17(15)27-2/h3-7,14H,8-13H2,1-2H3. The van der Waals surface area contributed by atoms with Crippen molar-refractivity contribution in [1.29, 1.82) is 0 Å². The van der Waals surface area contributed by atoms with Crippen molar-refractivity contribution in [2.45, 2.75) is 6.54 Å². The zero-order chi connectivity index (χ0) is 19.7. The predicted molar refractivity (Wildman–Crippen MR) is 113 cm³/mol. The number of rotatable bonds is 5. The van der Waals surface area contributed by atoms with Crippen LogP contribution in [-0.4, -0.2) is 53.9 Å². The number of ether oxygens (including phenoxy) is 1. The molecule has 0 radical (unpaired) electrons. The second kappa shape index (κ2) is 7.81. The van der Waals surface area contributed by atoms with Crippen LogP contribution < -0.4 is 20.9 Å². The minimum atomic E-state index is -0.247. The van der Waals surface area contributed by atoms with Gasteiger partial charge in [0, 0.05) is 46.3 Å². The van der Waals surface area contributed by atoms with Crippen LogP contribution in [0.2, 0.25) is 0 Å². The first kappa shape index (κ1) is 18.8. The highest BCUT2D eigenvalue weighted by atomic mass is 32.1. The summed E-state index contributed by atoms with van der Waals surface area (Å²) in [6.45, 7) is 4.64. The van der Waals surface area contributed by atoms with E-state index in [0.717, 1.165) is 37.6 Å². The monoisotopic (exact) mass is 400 g/mol. The second-order valence-electron chi connectivity index (χ2n) is 6.93. The summed E-state index contributed by atoms with van der Waals surface area (Å²) in [5.74, 6) is 0.884. The van der Waals surface area contributed by atoms with E-state index in [1.807, 2.05) is 29.6 Å². The lowest BCUT2D eigenvalue weighted by Gasteiger charge is -2.36. The third-order valence-corrected chi connectivity index (χ3v) is 6.29. The second-order valence-corrected chi connectivity index (χ2v) is 7.85. The maximum atomic E-state index is 12.7. The summed E-state index contributed by atoms with van der Waals surface area (Å²) < 4.78 is 9.04. The summed E-state index contributed by atoms with van der Waals surface area (Å²) in [5.41, 5.74) is 1.39. The minimum Gasteiger partial charge on any atom is -0.495 e. The van der Waals surface area contributed by atoms with E-state index in [1.165, 1.54) is 15.9 Å². The van der Waals surface area contributed by atoms with Crippen LogP contribution in [0, 0.1) is 0 Å². The Hall–Kier alpha value is -2.58. The molecular formula is C20H24N4O3S. The van der Waals surface area contributed by atoms with Crippen LogP contribution in [-0.2, 0) is 13.6 Å². The SMILES string of the molecule is COc1ccccc1N1CCN(CCn2c(=O)c3sccc3n(C)c2=O)CC1. The Morgan fingerprint density at radius 2 is 1.79 bits per heavy atom. The molecule has 8 heteroatoms. The summed E-state index contributed by atoms with van der Waals surface area (Å²) in [4.78, 5) is 29.9. The number of piperazine rings is 1. The van der Waals surface area contributed by atoms with Gasteiger partial charge in [-0.2, -0.15) is 0 Å². The maximum absolute atomic E-state index is 12.7. The minimum absolute atomic E-state index is 0.180. The average molecular weight is 401 g/mol. The normalized spacial score (nSPS) is 15.3. The van der Waals surface area contributed by atoms with Crippen LogP contribution in [0.15, 0.2) is 45.3 Å². The predicted octanol–water partition coefficient (Wildman–Crippen LogP) is 1.59. The molecule has 0 atom stereocenters. The fraction of sp³-hybridized carbons (Fsp3) is 0.400. The van der Waals surface area contributed by atoms with E-state index in [0.29, 0.717) is 23.3 Å². The summed E-state index contributed by atoms with van der Waals surface area (Å²) in [5, 5.41) is 1.85. The van der Waals surface area contributed by atoms with E-state index in [-0.39, 0.29) is 11.2 Å². The number of anilines is 1. The molecule has 3 heterocycles. The molecular weight excluding hydrogens is 376 g/mol. The van der Waals surface area contributed by atoms with Gasteiger partial charge in [0.05, 0.1) is 18.3 Å². The van der Waals surface area contributed by atoms with E-state index in [9.17, 15) is 9.59 Å². The van der Waals surface area contributed by atoms with Crippen molar-refractivity contribution >= 4 is 27.2 Å². The van der Waals surface area contributed by atoms with Gasteiger partial charge in [0.2, 0.25) is 0 Å². The fourth-order valence-corrected chi connectivity index (χ4v) is 4.63. The smallest absolute Gasteiger partial charge is 0.331 e. The molecule has 1 fully saturated rings. The maximum Gasteiger partial charge on any atom is 0.331 e. The molecule has 0 spiro atoms. The zero-order valence-electron chi connectivity index (χ0n) is 16.1. The molecule has 28 heavy (non-hydrogen) atoms. The molecule has 0 saturated carbocycles. The Labute approximate surface area is 167 Å². The molecule has 0 bridgehead atoms. The van der Waals surface area contributed by atoms with E-state index in [2.05, 4.69) is 15.9 Å². The number of methoxy groups -OCH3 is 1. The van der Waals surface area contributed by atoms with Gasteiger partial charge in [-0.15, -0.1) is 11.3 Å². The highest BCUT2D eigenvalue weighted by Crippen LogP contribution is 2.28. The van der Waals surface area contributed by atoms with Gasteiger partial charge in [0.1, 0.15) is 10.4 Å². The highest BCUT2D eigenvalue weighted by molar-refractivity contribution is 7.17. The lowest BCUT2D eigenvalue weighted by molar-refractivity contribution is 0.245. The Morgan fingerprint density at radius 1 is 1.04 bits per heavy atom. The van der Waals surface area contributed by atoms with Gasteiger partial charge in [-0.3, -0.25) is 18.8 Å². The van der Waals surface area contributed by atoms with Crippen molar-refractivity contribution in [3.63, 3.8) is 0 Å². The summed E-state index contributed by atoms with van der Waals surface area (Å²) in [6.07, 6.45) is 0. The fourth-order valence-electron chi connectivity index (χ4n) is 3.76. The van der Waals surface area contributed by atoms with E-state index < -0.39 is 0 Å². The number of nitrogens with zero attached hydrogens (tertiary/aromatic N) is 4. The van der Waals surface area contributed by atoms with Crippen LogP contribution in [0.25, 0.3) is 10.2 Å². The zero-order valence-corrected chi connectivity index (χ0v) is 16.9. The Kier molecular flexibility index (Phi) is 5.23. The van der Waals surface area contributed by atoms with Crippen molar-refractivity contribution in [2.75, 3.05) is 44.7 Å². The number of benzene rings is 1. The number of thiophene rings is 1. The summed E-state index contributed by atoms with van der Waals surface area (Å²) in [6, 6.07) is 9.87. The molecule has 1 aliphatic heterocycles. The van der Waals surface area contributed by atoms with Crippen LogP contribution in [0.5, 0.6) is 5.75 Å². The first-order valence-corrected chi connectivity index (χ1v) is 10.3. The molecule has 0 N–H and O–H groups in total. The first-order chi connectivity index (χ1) is 13.6. The molecule has 1 saturated heterocycles. The summed E-state index contributed by atoms with van der Waals surface area (Å²) >= 11 is 1.39. The molecule has 2 aromatic heterocycles. The highest BCUT2D eigenvalue weighted by Gasteiger charge is 2.20. The lowest BCUT2D eigenvalue weighted by Crippen LogP contribution is -2.49. The molecule has 0 unspecified atom stereocenters. The molecule has 0 amide bonds. The van der Waals surface area contributed by atoms with Crippen molar-refractivity contribution < 1.29 is 4.74 Å². The van der Waals surface area contributed by atoms with Gasteiger partial charge >= 0.3 is 5.69 Å². The molecule has 0 aliphatic carbocycles. The van der Waals surface area contributed by atoms with Crippen molar-refractivity contribution in [3.8, 4) is 5.75 Å². The molecule has 1 aromatic carbocycles. The van der Waals surface area contributed by atoms with Crippen LogP contribution in [0.4, 0.5) is 5.69 Å². The van der Waals surface area contributed by atoms with Gasteiger partial charge in [0.25, 0.3) is 5.56 Å². The van der Waals surface area contributed by atoms with Crippen molar-refractivity contribution in [1.82, 2.24) is 14.0 Å². The summed E-state index contributed by atoms with van der Waals surface area (Å²) in [7, 11) is 3.41. The molecule has 3 aromatic rings. The van der Waals surface area contributed by atoms with Crippen LogP contribution in [0.1, 0.15) is 0 Å². The van der Waals surface area contributed by atoms with Gasteiger partial charge in [-0.05, 0) is 23.6 Å². The Morgan fingerprint density at radius 3 is 2.54 bits per heavy atom. The van der Waals surface area contributed by atoms with Crippen LogP contribution >= 0.6 is 11.3 Å². The number of aryl methyl sites for hydroxylation is 1. The first-order valence-electron chi connectivity index (χ1n) is 9.37. The number of fused-ring (bicyclic) bond motifs is 1.